The number of sulfone groups is 1. The smallest absolute Gasteiger partial charge is 0.251 e. The summed E-state index contributed by atoms with van der Waals surface area (Å²) in [6.45, 7) is 0. The second-order valence-electron chi connectivity index (χ2n) is 9.39. The predicted molar refractivity (Wildman–Crippen MR) is 140 cm³/mol. The first-order valence-electron chi connectivity index (χ1n) is 11.8. The van der Waals surface area contributed by atoms with E-state index in [2.05, 4.69) is 34.1 Å². The summed E-state index contributed by atoms with van der Waals surface area (Å²) in [5.74, 6) is -0.562. The zero-order chi connectivity index (χ0) is 25.0. The Hall–Kier alpha value is -3.91. The number of carbonyl (C=O) groups excluding carboxylic acids is 1. The van der Waals surface area contributed by atoms with Crippen LogP contribution >= 0.6 is 0 Å². The molecule has 36 heavy (non-hydrogen) atoms. The van der Waals surface area contributed by atoms with Crippen LogP contribution in [0.25, 0.3) is 38.6 Å². The van der Waals surface area contributed by atoms with Gasteiger partial charge in [0.1, 0.15) is 5.82 Å². The summed E-state index contributed by atoms with van der Waals surface area (Å²) in [6.07, 6.45) is 4.46. The van der Waals surface area contributed by atoms with Gasteiger partial charge in [-0.2, -0.15) is 0 Å². The van der Waals surface area contributed by atoms with Gasteiger partial charge in [-0.05, 0) is 66.6 Å². The second kappa shape index (κ2) is 8.34. The van der Waals surface area contributed by atoms with Crippen LogP contribution in [0.3, 0.4) is 0 Å². The molecule has 1 fully saturated rings. The number of fused-ring (bicyclic) bond motifs is 2. The van der Waals surface area contributed by atoms with E-state index >= 15 is 0 Å². The summed E-state index contributed by atoms with van der Waals surface area (Å²) in [4.78, 5) is 13.0. The van der Waals surface area contributed by atoms with Gasteiger partial charge in [0.15, 0.2) is 9.84 Å². The molecule has 0 radical (unpaired) electrons. The lowest BCUT2D eigenvalue weighted by Crippen LogP contribution is -2.35. The van der Waals surface area contributed by atoms with Crippen LogP contribution in [-0.2, 0) is 16.9 Å². The largest absolute Gasteiger partial charge is 0.351 e. The molecule has 2 aromatic heterocycles. The van der Waals surface area contributed by atoms with Gasteiger partial charge in [-0.25, -0.2) is 12.8 Å². The highest BCUT2D eigenvalue weighted by molar-refractivity contribution is 7.91. The number of halogens is 1. The van der Waals surface area contributed by atoms with Crippen molar-refractivity contribution in [3.63, 3.8) is 0 Å². The SMILES string of the molecule is Cn1ccc2cc(-c3cn(-c4ccc(F)cc4)c4cc(C(=O)NC5CCS(=O)(=O)C5)ccc34)ccc21. The van der Waals surface area contributed by atoms with Crippen molar-refractivity contribution >= 4 is 37.6 Å². The third-order valence-corrected chi connectivity index (χ3v) is 8.70. The van der Waals surface area contributed by atoms with E-state index in [1.165, 1.54) is 12.1 Å². The van der Waals surface area contributed by atoms with E-state index in [1.54, 1.807) is 18.2 Å². The van der Waals surface area contributed by atoms with Crippen LogP contribution in [-0.4, -0.2) is 41.0 Å². The fourth-order valence-corrected chi connectivity index (χ4v) is 6.71. The molecule has 1 saturated heterocycles. The molecule has 5 aromatic rings. The molecule has 0 saturated carbocycles. The number of carbonyl (C=O) groups is 1. The Kier molecular flexibility index (Phi) is 5.22. The molecule has 3 aromatic carbocycles. The molecule has 6 nitrogen and oxygen atoms in total. The van der Waals surface area contributed by atoms with Crippen LogP contribution < -0.4 is 5.32 Å². The van der Waals surface area contributed by atoms with Gasteiger partial charge in [-0.3, -0.25) is 4.79 Å². The molecule has 6 rings (SSSR count). The Balaban J connectivity index is 1.46. The quantitative estimate of drug-likeness (QED) is 0.383. The first-order valence-corrected chi connectivity index (χ1v) is 13.6. The molecule has 1 atom stereocenters. The fourth-order valence-electron chi connectivity index (χ4n) is 5.04. The molecule has 1 N–H and O–H groups in total. The van der Waals surface area contributed by atoms with Crippen LogP contribution in [0.4, 0.5) is 4.39 Å². The number of hydrogen-bond donors (Lipinski definition) is 1. The van der Waals surface area contributed by atoms with Crippen LogP contribution in [0.5, 0.6) is 0 Å². The predicted octanol–water partition coefficient (Wildman–Crippen LogP) is 4.85. The number of aryl methyl sites for hydroxylation is 1. The highest BCUT2D eigenvalue weighted by atomic mass is 32.2. The topological polar surface area (TPSA) is 73.1 Å². The van der Waals surface area contributed by atoms with Crippen molar-refractivity contribution < 1.29 is 17.6 Å². The van der Waals surface area contributed by atoms with Crippen LogP contribution in [0.1, 0.15) is 16.8 Å². The minimum atomic E-state index is -3.10. The summed E-state index contributed by atoms with van der Waals surface area (Å²) in [6, 6.07) is 19.7. The Labute approximate surface area is 207 Å². The van der Waals surface area contributed by atoms with Crippen molar-refractivity contribution in [1.29, 1.82) is 0 Å². The monoisotopic (exact) mass is 501 g/mol. The van der Waals surface area contributed by atoms with Gasteiger partial charge < -0.3 is 14.5 Å². The maximum absolute atomic E-state index is 13.6. The maximum Gasteiger partial charge on any atom is 0.251 e. The van der Waals surface area contributed by atoms with E-state index < -0.39 is 9.84 Å². The van der Waals surface area contributed by atoms with Gasteiger partial charge in [0, 0.05) is 58.6 Å². The van der Waals surface area contributed by atoms with Crippen molar-refractivity contribution in [2.24, 2.45) is 7.05 Å². The Morgan fingerprint density at radius 3 is 2.56 bits per heavy atom. The van der Waals surface area contributed by atoms with E-state index in [9.17, 15) is 17.6 Å². The first-order chi connectivity index (χ1) is 17.3. The number of nitrogens with zero attached hydrogens (tertiary/aromatic N) is 2. The van der Waals surface area contributed by atoms with Gasteiger partial charge in [0.2, 0.25) is 0 Å². The van der Waals surface area contributed by atoms with Crippen LogP contribution in [0, 0.1) is 5.82 Å². The zero-order valence-corrected chi connectivity index (χ0v) is 20.4. The summed E-state index contributed by atoms with van der Waals surface area (Å²) in [5, 5.41) is 4.94. The van der Waals surface area contributed by atoms with Crippen LogP contribution in [0.15, 0.2) is 79.1 Å². The molecule has 1 amide bonds. The zero-order valence-electron chi connectivity index (χ0n) is 19.6. The van der Waals surface area contributed by atoms with Gasteiger partial charge >= 0.3 is 0 Å². The van der Waals surface area contributed by atoms with E-state index in [0.717, 1.165) is 38.6 Å². The molecule has 8 heteroatoms. The molecule has 1 aliphatic rings. The number of rotatable bonds is 4. The van der Waals surface area contributed by atoms with Crippen molar-refractivity contribution in [3.05, 3.63) is 90.5 Å². The Bertz CT molecular complexity index is 1750. The van der Waals surface area contributed by atoms with Crippen molar-refractivity contribution in [3.8, 4) is 16.8 Å². The average Bonchev–Trinajstić information content (AvgIpc) is 3.53. The fraction of sp³-hybridized carbons (Fsp3) is 0.179. The minimum absolute atomic E-state index is 0.0287. The molecule has 1 unspecified atom stereocenters. The molecule has 0 aliphatic carbocycles. The van der Waals surface area contributed by atoms with Gasteiger partial charge in [-0.15, -0.1) is 0 Å². The normalized spacial score (nSPS) is 17.1. The number of benzene rings is 3. The average molecular weight is 502 g/mol. The molecule has 182 valence electrons. The van der Waals surface area contributed by atoms with Crippen molar-refractivity contribution in [1.82, 2.24) is 14.5 Å². The third-order valence-electron chi connectivity index (χ3n) is 6.94. The molecule has 0 spiro atoms. The Morgan fingerprint density at radius 2 is 1.81 bits per heavy atom. The van der Waals surface area contributed by atoms with E-state index in [1.807, 2.05) is 36.1 Å². The lowest BCUT2D eigenvalue weighted by molar-refractivity contribution is 0.0941. The van der Waals surface area contributed by atoms with Gasteiger partial charge in [0.05, 0.1) is 17.0 Å². The summed E-state index contributed by atoms with van der Waals surface area (Å²) >= 11 is 0. The number of nitrogens with one attached hydrogen (secondary N) is 1. The molecular weight excluding hydrogens is 477 g/mol. The lowest BCUT2D eigenvalue weighted by Gasteiger charge is -2.12. The number of aromatic nitrogens is 2. The van der Waals surface area contributed by atoms with Crippen molar-refractivity contribution in [2.75, 3.05) is 11.5 Å². The lowest BCUT2D eigenvalue weighted by atomic mass is 10.0. The summed E-state index contributed by atoms with van der Waals surface area (Å²) in [5.41, 5.74) is 5.18. The van der Waals surface area contributed by atoms with Crippen LogP contribution in [0.2, 0.25) is 0 Å². The molecular formula is C28H24FN3O3S. The van der Waals surface area contributed by atoms with Crippen molar-refractivity contribution in [2.45, 2.75) is 12.5 Å². The van der Waals surface area contributed by atoms with Gasteiger partial charge in [0.25, 0.3) is 5.91 Å². The number of hydrogen-bond acceptors (Lipinski definition) is 3. The molecule has 1 aliphatic heterocycles. The summed E-state index contributed by atoms with van der Waals surface area (Å²) < 4.78 is 41.3. The highest BCUT2D eigenvalue weighted by Gasteiger charge is 2.29. The molecule has 3 heterocycles. The van der Waals surface area contributed by atoms with E-state index in [-0.39, 0.29) is 29.3 Å². The maximum atomic E-state index is 13.6. The van der Waals surface area contributed by atoms with Gasteiger partial charge in [-0.1, -0.05) is 12.1 Å². The van der Waals surface area contributed by atoms with E-state index in [0.29, 0.717) is 12.0 Å². The van der Waals surface area contributed by atoms with E-state index in [4.69, 9.17) is 0 Å². The summed E-state index contributed by atoms with van der Waals surface area (Å²) in [7, 11) is -1.09. The Morgan fingerprint density at radius 1 is 1.00 bits per heavy atom. The highest BCUT2D eigenvalue weighted by Crippen LogP contribution is 2.35. The standard InChI is InChI=1S/C28H24FN3O3S/c1-31-12-10-19-14-18(3-9-26(19)31)25-16-32(23-6-4-21(29)5-7-23)27-15-20(2-8-24(25)27)28(33)30-22-11-13-36(34,35)17-22/h2-10,12,14-16,22H,11,13,17H2,1H3,(H,30,33). The third kappa shape index (κ3) is 3.97. The first kappa shape index (κ1) is 22.5. The minimum Gasteiger partial charge on any atom is -0.351 e. The number of amides is 1. The molecule has 0 bridgehead atoms. The second-order valence-corrected chi connectivity index (χ2v) is 11.6.